The number of halogens is 2. The maximum atomic E-state index is 13.0. The number of carbonyl (C=O) groups excluding carboxylic acids is 5. The summed E-state index contributed by atoms with van der Waals surface area (Å²) < 4.78 is 52.0. The van der Waals surface area contributed by atoms with E-state index in [0.29, 0.717) is 22.3 Å². The minimum atomic E-state index is -1.26. The van der Waals surface area contributed by atoms with Gasteiger partial charge in [-0.2, -0.15) is 8.78 Å². The highest BCUT2D eigenvalue weighted by molar-refractivity contribution is 5.93. The third-order valence-electron chi connectivity index (χ3n) is 6.92. The summed E-state index contributed by atoms with van der Waals surface area (Å²) in [5, 5.41) is 0. The van der Waals surface area contributed by atoms with Gasteiger partial charge in [0.25, 0.3) is 0 Å². The van der Waals surface area contributed by atoms with Crippen LogP contribution in [-0.4, -0.2) is 29.8 Å². The van der Waals surface area contributed by atoms with Gasteiger partial charge in [-0.25, -0.2) is 24.0 Å². The van der Waals surface area contributed by atoms with Crippen molar-refractivity contribution in [2.75, 3.05) is 0 Å². The number of esters is 5. The Balaban J connectivity index is 1.57. The van der Waals surface area contributed by atoms with Crippen molar-refractivity contribution in [2.24, 2.45) is 0 Å². The maximum Gasteiger partial charge on any atom is 0.371 e. The predicted octanol–water partition coefficient (Wildman–Crippen LogP) is 7.46. The third kappa shape index (κ3) is 12.0. The van der Waals surface area contributed by atoms with Crippen LogP contribution in [0.25, 0.3) is 5.57 Å². The molecule has 0 amide bonds. The monoisotopic (exact) mass is 754 g/mol. The summed E-state index contributed by atoms with van der Waals surface area (Å²) in [4.78, 5) is 60.1. The van der Waals surface area contributed by atoms with Crippen LogP contribution in [-0.2, 0) is 24.0 Å². The third-order valence-corrected chi connectivity index (χ3v) is 6.92. The van der Waals surface area contributed by atoms with Crippen molar-refractivity contribution < 1.29 is 56.4 Å². The molecule has 0 saturated heterocycles. The molecule has 0 unspecified atom stereocenters. The fourth-order valence-corrected chi connectivity index (χ4v) is 4.27. The average Bonchev–Trinajstić information content (AvgIpc) is 3.17. The number of benzene rings is 4. The summed E-state index contributed by atoms with van der Waals surface area (Å²) in [6.07, 6.45) is 3.08. The van der Waals surface area contributed by atoms with Crippen LogP contribution in [0.5, 0.6) is 28.7 Å². The fourth-order valence-electron chi connectivity index (χ4n) is 4.27. The van der Waals surface area contributed by atoms with E-state index >= 15 is 0 Å². The lowest BCUT2D eigenvalue weighted by molar-refractivity contribution is -0.132. The van der Waals surface area contributed by atoms with Crippen molar-refractivity contribution in [3.05, 3.63) is 169 Å². The molecule has 0 bridgehead atoms. The van der Waals surface area contributed by atoms with Crippen LogP contribution < -0.4 is 23.7 Å². The molecule has 0 radical (unpaired) electrons. The highest BCUT2D eigenvalue weighted by atomic mass is 19.1. The molecule has 0 N–H and O–H groups in total. The van der Waals surface area contributed by atoms with E-state index in [1.807, 2.05) is 0 Å². The van der Waals surface area contributed by atoms with Crippen molar-refractivity contribution in [3.8, 4) is 52.4 Å². The normalized spacial score (nSPS) is 10.2. The van der Waals surface area contributed by atoms with Crippen molar-refractivity contribution in [1.29, 1.82) is 0 Å². The Morgan fingerprint density at radius 3 is 1.52 bits per heavy atom. The fraction of sp³-hybridized carbons (Fsp3) is 0.0227. The minimum absolute atomic E-state index is 0.000128. The lowest BCUT2D eigenvalue weighted by atomic mass is 10.1. The molecule has 0 aliphatic rings. The highest BCUT2D eigenvalue weighted by Gasteiger charge is 2.17. The topological polar surface area (TPSA) is 132 Å². The van der Waals surface area contributed by atoms with Gasteiger partial charge in [-0.05, 0) is 90.9 Å². The smallest absolute Gasteiger partial charge is 0.371 e. The summed E-state index contributed by atoms with van der Waals surface area (Å²) in [6.45, 7) is 14.2. The molecule has 0 heterocycles. The number of hydrogen-bond donors (Lipinski definition) is 0. The van der Waals surface area contributed by atoms with E-state index in [1.54, 1.807) is 31.2 Å². The Kier molecular flexibility index (Phi) is 13.9. The number of rotatable bonds is 11. The molecular weight excluding hydrogens is 726 g/mol. The van der Waals surface area contributed by atoms with Gasteiger partial charge in [0.05, 0.1) is 0 Å². The van der Waals surface area contributed by atoms with E-state index in [4.69, 9.17) is 23.7 Å². The summed E-state index contributed by atoms with van der Waals surface area (Å²) in [5.41, 5.74) is 2.13. The molecule has 0 aromatic heterocycles. The maximum absolute atomic E-state index is 13.0. The molecule has 278 valence electrons. The molecule has 12 heteroatoms. The highest BCUT2D eigenvalue weighted by Crippen LogP contribution is 2.31. The molecule has 56 heavy (non-hydrogen) atoms. The van der Waals surface area contributed by atoms with E-state index < -0.39 is 41.5 Å². The van der Waals surface area contributed by atoms with Gasteiger partial charge in [0.15, 0.2) is 11.5 Å². The number of hydrogen-bond acceptors (Lipinski definition) is 10. The first-order valence-corrected chi connectivity index (χ1v) is 16.0. The quantitative estimate of drug-likeness (QED) is 0.0658. The van der Waals surface area contributed by atoms with Crippen LogP contribution in [0.1, 0.15) is 34.7 Å². The average molecular weight is 755 g/mol. The Bertz CT molecular complexity index is 2390. The second kappa shape index (κ2) is 19.1. The lowest BCUT2D eigenvalue weighted by Crippen LogP contribution is -2.09. The molecule has 4 aromatic carbocycles. The van der Waals surface area contributed by atoms with Gasteiger partial charge in [0, 0.05) is 34.9 Å². The SMILES string of the molecule is C=CC(=O)Oc1cc(C#Cc2ccc(OC(=O)C=C(C)c3cccc(OC(=O)C(=C)F)c3)cc2)cc(OC(=O)C=C)c1C#Cc1ccc(OC(=O)C(=C)F)cc1. The van der Waals surface area contributed by atoms with E-state index in [0.717, 1.165) is 12.2 Å². The first kappa shape index (κ1) is 40.7. The standard InChI is InChI=1S/C44H28F2O10/c1-6-40(47)55-38-24-32(25-39(56-41(48)7-2)37(38)22-17-31-15-20-35(21-16-31)53-43(50)28(4)45)12-11-30-13-18-34(19-14-30)52-42(49)23-27(3)33-9-8-10-36(26-33)54-44(51)29(5)46/h6-10,13-16,18-21,23-26H,1-2,4-5H2,3H3. The van der Waals surface area contributed by atoms with Crippen molar-refractivity contribution in [2.45, 2.75) is 6.92 Å². The van der Waals surface area contributed by atoms with Crippen molar-refractivity contribution in [3.63, 3.8) is 0 Å². The summed E-state index contributed by atoms with van der Waals surface area (Å²) >= 11 is 0. The first-order chi connectivity index (χ1) is 26.7. The molecule has 0 saturated carbocycles. The second-order valence-electron chi connectivity index (χ2n) is 11.0. The molecule has 0 aliphatic heterocycles. The van der Waals surface area contributed by atoms with Gasteiger partial charge in [0.2, 0.25) is 11.7 Å². The summed E-state index contributed by atoms with van der Waals surface area (Å²) in [5.74, 6) is 4.18. The Hall–Kier alpha value is -8.09. The van der Waals surface area contributed by atoms with Crippen LogP contribution in [0, 0.1) is 23.7 Å². The number of carbonyl (C=O) groups is 5. The van der Waals surface area contributed by atoms with Gasteiger partial charge >= 0.3 is 29.8 Å². The molecular formula is C44H28F2O10. The lowest BCUT2D eigenvalue weighted by Gasteiger charge is -2.11. The van der Waals surface area contributed by atoms with Crippen LogP contribution in [0.4, 0.5) is 8.78 Å². The van der Waals surface area contributed by atoms with Gasteiger partial charge in [-0.15, -0.1) is 0 Å². The van der Waals surface area contributed by atoms with E-state index in [1.165, 1.54) is 66.7 Å². The van der Waals surface area contributed by atoms with Crippen molar-refractivity contribution in [1.82, 2.24) is 0 Å². The van der Waals surface area contributed by atoms with Gasteiger partial charge in [0.1, 0.15) is 22.8 Å². The second-order valence-corrected chi connectivity index (χ2v) is 11.0. The Labute approximate surface area is 319 Å². The van der Waals surface area contributed by atoms with Crippen LogP contribution in [0.2, 0.25) is 0 Å². The van der Waals surface area contributed by atoms with E-state index in [2.05, 4.69) is 50.0 Å². The van der Waals surface area contributed by atoms with Gasteiger partial charge < -0.3 is 23.7 Å². The van der Waals surface area contributed by atoms with Gasteiger partial charge in [-0.3, -0.25) is 0 Å². The van der Waals surface area contributed by atoms with E-state index in [-0.39, 0.29) is 39.9 Å². The molecule has 0 aliphatic carbocycles. The van der Waals surface area contributed by atoms with Crippen molar-refractivity contribution >= 4 is 35.4 Å². The Morgan fingerprint density at radius 1 is 0.554 bits per heavy atom. The van der Waals surface area contributed by atoms with Crippen LogP contribution in [0.15, 0.2) is 141 Å². The zero-order chi connectivity index (χ0) is 40.8. The molecule has 0 atom stereocenters. The largest absolute Gasteiger partial charge is 0.423 e. The summed E-state index contributed by atoms with van der Waals surface area (Å²) in [7, 11) is 0. The minimum Gasteiger partial charge on any atom is -0.423 e. The summed E-state index contributed by atoms with van der Waals surface area (Å²) in [6, 6.07) is 20.8. The molecule has 10 nitrogen and oxygen atoms in total. The molecule has 0 spiro atoms. The predicted molar refractivity (Wildman–Crippen MR) is 200 cm³/mol. The zero-order valence-electron chi connectivity index (χ0n) is 29.5. The zero-order valence-corrected chi connectivity index (χ0v) is 29.5. The van der Waals surface area contributed by atoms with Crippen LogP contribution in [0.3, 0.4) is 0 Å². The molecule has 4 rings (SSSR count). The Morgan fingerprint density at radius 2 is 1.02 bits per heavy atom. The molecule has 4 aromatic rings. The van der Waals surface area contributed by atoms with Crippen LogP contribution >= 0.6 is 0 Å². The first-order valence-electron chi connectivity index (χ1n) is 16.0. The molecule has 0 fully saturated rings. The van der Waals surface area contributed by atoms with E-state index in [9.17, 15) is 32.8 Å². The number of ether oxygens (including phenoxy) is 5. The number of allylic oxidation sites excluding steroid dienone is 1. The van der Waals surface area contributed by atoms with Gasteiger partial charge in [-0.1, -0.05) is 62.1 Å².